The van der Waals surface area contributed by atoms with Gasteiger partial charge < -0.3 is 15.2 Å². The Morgan fingerprint density at radius 1 is 1.04 bits per heavy atom. The third-order valence-electron chi connectivity index (χ3n) is 3.51. The average Bonchev–Trinajstić information content (AvgIpc) is 2.88. The number of fused-ring (bicyclic) bond motifs is 1. The van der Waals surface area contributed by atoms with Gasteiger partial charge in [0.1, 0.15) is 6.54 Å². The van der Waals surface area contributed by atoms with Crippen LogP contribution in [-0.4, -0.2) is 16.4 Å². The molecule has 2 N–H and O–H groups in total. The maximum Gasteiger partial charge on any atom is 0.244 e. The van der Waals surface area contributed by atoms with E-state index in [1.165, 1.54) is 6.92 Å². The predicted octanol–water partition coefficient (Wildman–Crippen LogP) is 4.00. The number of rotatable bonds is 4. The number of nitrogens with zero attached hydrogens (tertiary/aromatic N) is 1. The number of hydrogen-bond acceptors (Lipinski definition) is 2. The maximum atomic E-state index is 12.3. The van der Waals surface area contributed by atoms with Crippen LogP contribution in [0.15, 0.2) is 59.2 Å². The van der Waals surface area contributed by atoms with Crippen molar-refractivity contribution in [1.29, 1.82) is 0 Å². The Morgan fingerprint density at radius 3 is 2.54 bits per heavy atom. The zero-order chi connectivity index (χ0) is 17.1. The van der Waals surface area contributed by atoms with Crippen molar-refractivity contribution in [2.75, 3.05) is 10.6 Å². The molecule has 24 heavy (non-hydrogen) atoms. The van der Waals surface area contributed by atoms with E-state index < -0.39 is 0 Å². The average molecular weight is 386 g/mol. The zero-order valence-corrected chi connectivity index (χ0v) is 14.6. The Balaban J connectivity index is 1.72. The Labute approximate surface area is 147 Å². The highest BCUT2D eigenvalue weighted by molar-refractivity contribution is 9.10. The van der Waals surface area contributed by atoms with E-state index in [2.05, 4.69) is 26.6 Å². The van der Waals surface area contributed by atoms with Crippen LogP contribution in [0.1, 0.15) is 6.92 Å². The van der Waals surface area contributed by atoms with Crippen molar-refractivity contribution in [1.82, 2.24) is 4.57 Å². The molecule has 2 amide bonds. The maximum absolute atomic E-state index is 12.3. The molecule has 2 aromatic carbocycles. The molecule has 0 fully saturated rings. The van der Waals surface area contributed by atoms with Crippen molar-refractivity contribution in [2.45, 2.75) is 13.5 Å². The van der Waals surface area contributed by atoms with E-state index in [1.807, 2.05) is 35.0 Å². The Kier molecular flexibility index (Phi) is 4.66. The normalized spacial score (nSPS) is 10.6. The van der Waals surface area contributed by atoms with Crippen molar-refractivity contribution < 1.29 is 9.59 Å². The molecule has 0 spiro atoms. The molecule has 0 radical (unpaired) electrons. The van der Waals surface area contributed by atoms with Gasteiger partial charge in [-0.3, -0.25) is 9.59 Å². The standard InChI is InChI=1S/C18H16BrN3O2/c1-12(23)20-15-3-2-4-16(10-15)21-18(24)11-22-8-7-13-9-14(19)5-6-17(13)22/h2-10H,11H2,1H3,(H,20,23)(H,21,24). The van der Waals surface area contributed by atoms with Gasteiger partial charge in [0.25, 0.3) is 0 Å². The van der Waals surface area contributed by atoms with Crippen molar-refractivity contribution in [3.05, 3.63) is 59.2 Å². The lowest BCUT2D eigenvalue weighted by molar-refractivity contribution is -0.116. The van der Waals surface area contributed by atoms with Crippen LogP contribution in [-0.2, 0) is 16.1 Å². The van der Waals surface area contributed by atoms with E-state index in [0.717, 1.165) is 15.4 Å². The Bertz CT molecular complexity index is 918. The summed E-state index contributed by atoms with van der Waals surface area (Å²) in [6.07, 6.45) is 1.89. The lowest BCUT2D eigenvalue weighted by Gasteiger charge is -2.09. The molecule has 3 aromatic rings. The first kappa shape index (κ1) is 16.3. The van der Waals surface area contributed by atoms with Gasteiger partial charge in [-0.1, -0.05) is 22.0 Å². The van der Waals surface area contributed by atoms with Crippen LogP contribution < -0.4 is 10.6 Å². The second kappa shape index (κ2) is 6.88. The van der Waals surface area contributed by atoms with Crippen LogP contribution >= 0.6 is 15.9 Å². The molecule has 0 unspecified atom stereocenters. The molecule has 0 saturated heterocycles. The van der Waals surface area contributed by atoms with Crippen molar-refractivity contribution in [3.8, 4) is 0 Å². The minimum atomic E-state index is -0.150. The van der Waals surface area contributed by atoms with Crippen molar-refractivity contribution in [3.63, 3.8) is 0 Å². The fraction of sp³-hybridized carbons (Fsp3) is 0.111. The third-order valence-corrected chi connectivity index (χ3v) is 4.01. The number of amides is 2. The second-order valence-electron chi connectivity index (χ2n) is 5.46. The lowest BCUT2D eigenvalue weighted by Crippen LogP contribution is -2.18. The van der Waals surface area contributed by atoms with Gasteiger partial charge in [-0.05, 0) is 42.5 Å². The summed E-state index contributed by atoms with van der Waals surface area (Å²) in [5, 5.41) is 6.62. The highest BCUT2D eigenvalue weighted by atomic mass is 79.9. The fourth-order valence-electron chi connectivity index (χ4n) is 2.54. The number of hydrogen-bond donors (Lipinski definition) is 2. The van der Waals surface area contributed by atoms with Gasteiger partial charge in [0.15, 0.2) is 0 Å². The third kappa shape index (κ3) is 3.83. The van der Waals surface area contributed by atoms with Crippen LogP contribution in [0.3, 0.4) is 0 Å². The largest absolute Gasteiger partial charge is 0.338 e. The highest BCUT2D eigenvalue weighted by Gasteiger charge is 2.08. The van der Waals surface area contributed by atoms with Crippen LogP contribution in [0.2, 0.25) is 0 Å². The van der Waals surface area contributed by atoms with E-state index in [-0.39, 0.29) is 18.4 Å². The number of benzene rings is 2. The molecule has 0 atom stereocenters. The van der Waals surface area contributed by atoms with Crippen LogP contribution in [0, 0.1) is 0 Å². The Morgan fingerprint density at radius 2 is 1.79 bits per heavy atom. The Hall–Kier alpha value is -2.60. The molecule has 122 valence electrons. The summed E-state index contributed by atoms with van der Waals surface area (Å²) in [6.45, 7) is 1.66. The number of anilines is 2. The molecule has 5 nitrogen and oxygen atoms in total. The molecular weight excluding hydrogens is 370 g/mol. The first-order valence-corrected chi connectivity index (χ1v) is 8.22. The monoisotopic (exact) mass is 385 g/mol. The van der Waals surface area contributed by atoms with Gasteiger partial charge in [0.05, 0.1) is 0 Å². The van der Waals surface area contributed by atoms with Gasteiger partial charge in [-0.15, -0.1) is 0 Å². The lowest BCUT2D eigenvalue weighted by atomic mass is 10.2. The summed E-state index contributed by atoms with van der Waals surface area (Å²) >= 11 is 3.44. The van der Waals surface area contributed by atoms with E-state index in [9.17, 15) is 9.59 Å². The number of aromatic nitrogens is 1. The van der Waals surface area contributed by atoms with E-state index in [4.69, 9.17) is 0 Å². The van der Waals surface area contributed by atoms with Crippen molar-refractivity contribution in [2.24, 2.45) is 0 Å². The predicted molar refractivity (Wildman–Crippen MR) is 99.0 cm³/mol. The summed E-state index contributed by atoms with van der Waals surface area (Å²) in [7, 11) is 0. The first-order chi connectivity index (χ1) is 11.5. The fourth-order valence-corrected chi connectivity index (χ4v) is 2.92. The number of carbonyl (C=O) groups excluding carboxylic acids is 2. The number of carbonyl (C=O) groups is 2. The van der Waals surface area contributed by atoms with E-state index in [1.54, 1.807) is 24.3 Å². The van der Waals surface area contributed by atoms with Gasteiger partial charge in [-0.2, -0.15) is 0 Å². The quantitative estimate of drug-likeness (QED) is 0.712. The molecule has 3 rings (SSSR count). The SMILES string of the molecule is CC(=O)Nc1cccc(NC(=O)Cn2ccc3cc(Br)ccc32)c1. The molecule has 0 aliphatic carbocycles. The molecule has 0 bridgehead atoms. The number of halogens is 1. The van der Waals surface area contributed by atoms with E-state index >= 15 is 0 Å². The van der Waals surface area contributed by atoms with Gasteiger partial charge in [0.2, 0.25) is 11.8 Å². The molecule has 6 heteroatoms. The molecule has 0 aliphatic rings. The zero-order valence-electron chi connectivity index (χ0n) is 13.0. The van der Waals surface area contributed by atoms with E-state index in [0.29, 0.717) is 11.4 Å². The smallest absolute Gasteiger partial charge is 0.244 e. The minimum absolute atomic E-state index is 0.129. The first-order valence-electron chi connectivity index (χ1n) is 7.43. The number of nitrogens with one attached hydrogen (secondary N) is 2. The highest BCUT2D eigenvalue weighted by Crippen LogP contribution is 2.21. The minimum Gasteiger partial charge on any atom is -0.338 e. The van der Waals surface area contributed by atoms with Crippen LogP contribution in [0.4, 0.5) is 11.4 Å². The summed E-state index contributed by atoms with van der Waals surface area (Å²) in [4.78, 5) is 23.4. The topological polar surface area (TPSA) is 63.1 Å². The van der Waals surface area contributed by atoms with Crippen LogP contribution in [0.25, 0.3) is 10.9 Å². The second-order valence-corrected chi connectivity index (χ2v) is 6.37. The van der Waals surface area contributed by atoms with Gasteiger partial charge in [-0.25, -0.2) is 0 Å². The molecular formula is C18H16BrN3O2. The summed E-state index contributed by atoms with van der Waals surface area (Å²) in [5.74, 6) is -0.279. The van der Waals surface area contributed by atoms with Crippen molar-refractivity contribution >= 4 is 50.0 Å². The molecule has 0 aliphatic heterocycles. The molecule has 1 heterocycles. The molecule has 0 saturated carbocycles. The van der Waals surface area contributed by atoms with Crippen LogP contribution in [0.5, 0.6) is 0 Å². The summed E-state index contributed by atoms with van der Waals surface area (Å²) < 4.78 is 2.90. The summed E-state index contributed by atoms with van der Waals surface area (Å²) in [5.41, 5.74) is 2.29. The summed E-state index contributed by atoms with van der Waals surface area (Å²) in [6, 6.07) is 15.0. The molecule has 1 aromatic heterocycles. The van der Waals surface area contributed by atoms with Gasteiger partial charge >= 0.3 is 0 Å². The van der Waals surface area contributed by atoms with Gasteiger partial charge in [0, 0.05) is 39.9 Å².